The van der Waals surface area contributed by atoms with Crippen LogP contribution in [0.2, 0.25) is 0 Å². The second kappa shape index (κ2) is 5.34. The zero-order valence-electron chi connectivity index (χ0n) is 10.4. The fraction of sp³-hybridized carbons (Fsp3) is 0.417. The fourth-order valence-electron chi connectivity index (χ4n) is 1.81. The van der Waals surface area contributed by atoms with Gasteiger partial charge < -0.3 is 4.74 Å². The lowest BCUT2D eigenvalue weighted by Gasteiger charge is -2.20. The van der Waals surface area contributed by atoms with Crippen molar-refractivity contribution >= 4 is 5.97 Å². The maximum atomic E-state index is 13.0. The summed E-state index contributed by atoms with van der Waals surface area (Å²) in [6.07, 6.45) is -10.3. The van der Waals surface area contributed by atoms with Crippen LogP contribution >= 0.6 is 0 Å². The highest BCUT2D eigenvalue weighted by atomic mass is 19.4. The molecule has 0 aliphatic carbocycles. The highest BCUT2D eigenvalue weighted by Gasteiger charge is 2.44. The Labute approximate surface area is 110 Å². The normalized spacial score (nSPS) is 12.4. The van der Waals surface area contributed by atoms with E-state index in [9.17, 15) is 31.1 Å². The quantitative estimate of drug-likeness (QED) is 0.608. The van der Waals surface area contributed by atoms with E-state index in [4.69, 9.17) is 0 Å². The summed E-state index contributed by atoms with van der Waals surface area (Å²) in [6, 6.07) is 1.18. The molecule has 0 N–H and O–H groups in total. The molecule has 0 bridgehead atoms. The molecule has 20 heavy (non-hydrogen) atoms. The van der Waals surface area contributed by atoms with Crippen molar-refractivity contribution in [3.8, 4) is 0 Å². The Morgan fingerprint density at radius 2 is 1.65 bits per heavy atom. The van der Waals surface area contributed by atoms with E-state index in [1.54, 1.807) is 0 Å². The van der Waals surface area contributed by atoms with E-state index in [1.807, 2.05) is 0 Å². The molecule has 1 aromatic carbocycles. The molecule has 0 aliphatic rings. The third-order valence-electron chi connectivity index (χ3n) is 2.65. The lowest BCUT2D eigenvalue weighted by atomic mass is 9.93. The van der Waals surface area contributed by atoms with Crippen LogP contribution in [0, 0.1) is 0 Å². The number of carbonyl (C=O) groups excluding carboxylic acids is 1. The zero-order valence-corrected chi connectivity index (χ0v) is 10.4. The number of benzene rings is 1. The summed E-state index contributed by atoms with van der Waals surface area (Å²) in [5.74, 6) is -1.67. The summed E-state index contributed by atoms with van der Waals surface area (Å²) in [6.45, 7) is 1.35. The van der Waals surface area contributed by atoms with Crippen LogP contribution in [0.5, 0.6) is 0 Å². The summed E-state index contributed by atoms with van der Waals surface area (Å²) in [5, 5.41) is 0. The van der Waals surface area contributed by atoms with Gasteiger partial charge in [-0.3, -0.25) is 0 Å². The number of hydrogen-bond acceptors (Lipinski definition) is 2. The summed E-state index contributed by atoms with van der Waals surface area (Å²) >= 11 is 0. The van der Waals surface area contributed by atoms with Crippen molar-refractivity contribution in [1.29, 1.82) is 0 Å². The third kappa shape index (κ3) is 3.05. The van der Waals surface area contributed by atoms with Crippen LogP contribution in [0.25, 0.3) is 0 Å². The minimum absolute atomic E-state index is 0.170. The average Bonchev–Trinajstić information content (AvgIpc) is 2.33. The van der Waals surface area contributed by atoms with Crippen molar-refractivity contribution in [3.05, 3.63) is 34.4 Å². The number of rotatable bonds is 2. The molecule has 1 rings (SSSR count). The molecule has 112 valence electrons. The van der Waals surface area contributed by atoms with Crippen molar-refractivity contribution in [1.82, 2.24) is 0 Å². The average molecular weight is 300 g/mol. The largest absolute Gasteiger partial charge is 0.465 e. The number of aryl methyl sites for hydroxylation is 1. The van der Waals surface area contributed by atoms with Gasteiger partial charge >= 0.3 is 18.3 Å². The van der Waals surface area contributed by atoms with Gasteiger partial charge in [-0.05, 0) is 18.1 Å². The first-order valence-corrected chi connectivity index (χ1v) is 5.42. The van der Waals surface area contributed by atoms with Crippen LogP contribution in [0.1, 0.15) is 34.0 Å². The zero-order chi connectivity index (χ0) is 15.7. The number of alkyl halides is 6. The second-order valence-electron chi connectivity index (χ2n) is 3.86. The predicted octanol–water partition coefficient (Wildman–Crippen LogP) is 4.07. The molecule has 1 aromatic rings. The van der Waals surface area contributed by atoms with Crippen molar-refractivity contribution in [2.45, 2.75) is 25.7 Å². The first-order valence-electron chi connectivity index (χ1n) is 5.42. The lowest BCUT2D eigenvalue weighted by Crippen LogP contribution is -2.22. The second-order valence-corrected chi connectivity index (χ2v) is 3.86. The maximum Gasteiger partial charge on any atom is 0.417 e. The summed E-state index contributed by atoms with van der Waals surface area (Å²) in [7, 11) is 0.723. The summed E-state index contributed by atoms with van der Waals surface area (Å²) < 4.78 is 81.3. The number of methoxy groups -OCH3 is 1. The summed E-state index contributed by atoms with van der Waals surface area (Å²) in [4.78, 5) is 11.4. The van der Waals surface area contributed by atoms with Gasteiger partial charge in [0, 0.05) is 0 Å². The Balaban J connectivity index is 3.81. The number of carbonyl (C=O) groups is 1. The number of halogens is 6. The highest BCUT2D eigenvalue weighted by Crippen LogP contribution is 2.41. The molecular formula is C12H10F6O2. The molecule has 0 radical (unpaired) electrons. The van der Waals surface area contributed by atoms with E-state index in [-0.39, 0.29) is 6.42 Å². The van der Waals surface area contributed by atoms with Gasteiger partial charge in [0.15, 0.2) is 0 Å². The van der Waals surface area contributed by atoms with Crippen LogP contribution in [-0.4, -0.2) is 13.1 Å². The van der Waals surface area contributed by atoms with Crippen molar-refractivity contribution < 1.29 is 35.9 Å². The van der Waals surface area contributed by atoms with Gasteiger partial charge in [-0.25, -0.2) is 4.79 Å². The molecule has 0 saturated heterocycles. The van der Waals surface area contributed by atoms with E-state index < -0.39 is 40.6 Å². The van der Waals surface area contributed by atoms with Crippen molar-refractivity contribution in [2.75, 3.05) is 7.11 Å². The maximum absolute atomic E-state index is 13.0. The van der Waals surface area contributed by atoms with E-state index in [0.29, 0.717) is 6.07 Å². The van der Waals surface area contributed by atoms with Crippen LogP contribution in [-0.2, 0) is 23.5 Å². The van der Waals surface area contributed by atoms with E-state index in [1.165, 1.54) is 6.92 Å². The monoisotopic (exact) mass is 300 g/mol. The smallest absolute Gasteiger partial charge is 0.417 e. The Hall–Kier alpha value is -1.73. The SMILES string of the molecule is CCc1ccc(C(F)(F)F)c(C(=O)OC)c1C(F)(F)F. The van der Waals surface area contributed by atoms with Crippen LogP contribution < -0.4 is 0 Å². The van der Waals surface area contributed by atoms with E-state index >= 15 is 0 Å². The molecule has 0 saturated carbocycles. The molecule has 0 atom stereocenters. The van der Waals surface area contributed by atoms with E-state index in [0.717, 1.165) is 13.2 Å². The van der Waals surface area contributed by atoms with Gasteiger partial charge in [0.2, 0.25) is 0 Å². The number of ether oxygens (including phenoxy) is 1. The molecule has 0 amide bonds. The predicted molar refractivity (Wildman–Crippen MR) is 57.2 cm³/mol. The first-order chi connectivity index (χ1) is 9.04. The lowest BCUT2D eigenvalue weighted by molar-refractivity contribution is -0.144. The Morgan fingerprint density at radius 1 is 1.10 bits per heavy atom. The topological polar surface area (TPSA) is 26.3 Å². The van der Waals surface area contributed by atoms with Crippen molar-refractivity contribution in [3.63, 3.8) is 0 Å². The van der Waals surface area contributed by atoms with Gasteiger partial charge in [0.1, 0.15) is 0 Å². The van der Waals surface area contributed by atoms with Gasteiger partial charge in [-0.1, -0.05) is 13.0 Å². The highest BCUT2D eigenvalue weighted by molar-refractivity contribution is 5.93. The molecule has 2 nitrogen and oxygen atoms in total. The van der Waals surface area contributed by atoms with Crippen molar-refractivity contribution in [2.24, 2.45) is 0 Å². The minimum Gasteiger partial charge on any atom is -0.465 e. The molecule has 0 aliphatic heterocycles. The number of hydrogen-bond donors (Lipinski definition) is 0. The van der Waals surface area contributed by atoms with Gasteiger partial charge in [0.05, 0.1) is 23.8 Å². The third-order valence-corrected chi connectivity index (χ3v) is 2.65. The Morgan fingerprint density at radius 3 is 2.00 bits per heavy atom. The number of esters is 1. The van der Waals surface area contributed by atoms with E-state index in [2.05, 4.69) is 4.74 Å². The van der Waals surface area contributed by atoms with Crippen LogP contribution in [0.4, 0.5) is 26.3 Å². The van der Waals surface area contributed by atoms with Crippen LogP contribution in [0.3, 0.4) is 0 Å². The fourth-order valence-corrected chi connectivity index (χ4v) is 1.81. The molecular weight excluding hydrogens is 290 g/mol. The minimum atomic E-state index is -5.09. The Kier molecular flexibility index (Phi) is 4.36. The molecule has 0 spiro atoms. The van der Waals surface area contributed by atoms with Crippen LogP contribution in [0.15, 0.2) is 12.1 Å². The van der Waals surface area contributed by atoms with Gasteiger partial charge in [-0.15, -0.1) is 0 Å². The first kappa shape index (κ1) is 16.3. The molecule has 8 heteroatoms. The molecule has 0 unspecified atom stereocenters. The summed E-state index contributed by atoms with van der Waals surface area (Å²) in [5.41, 5.74) is -5.15. The van der Waals surface area contributed by atoms with Gasteiger partial charge in [0.25, 0.3) is 0 Å². The molecule has 0 heterocycles. The molecule has 0 aromatic heterocycles. The Bertz CT molecular complexity index is 516. The molecule has 0 fully saturated rings. The standard InChI is InChI=1S/C12H10F6O2/c1-3-6-4-5-7(11(13,14)15)8(10(19)20-2)9(6)12(16,17)18/h4-5H,3H2,1-2H3. The van der Waals surface area contributed by atoms with Gasteiger partial charge in [-0.2, -0.15) is 26.3 Å².